The highest BCUT2D eigenvalue weighted by atomic mass is 16.1. The summed E-state index contributed by atoms with van der Waals surface area (Å²) in [6.07, 6.45) is 2.97. The molecular weight excluding hydrogens is 248 g/mol. The molecule has 0 fully saturated rings. The summed E-state index contributed by atoms with van der Waals surface area (Å²) in [4.78, 5) is 12.5. The zero-order chi connectivity index (χ0) is 15.0. The highest BCUT2D eigenvalue weighted by Gasteiger charge is 2.25. The standard InChI is InChI=1S/C17H28N2O/c1-4-9-15(18)12-19-17(20)16(13(3)5-2)14-10-7-6-8-11-14/h6-8,10-11,13,15-16H,4-5,9,12,18H2,1-3H3,(H,19,20). The predicted octanol–water partition coefficient (Wildman–Crippen LogP) is 3.06. The second kappa shape index (κ2) is 8.75. The molecule has 1 amide bonds. The van der Waals surface area contributed by atoms with Crippen LogP contribution >= 0.6 is 0 Å². The van der Waals surface area contributed by atoms with Gasteiger partial charge in [-0.05, 0) is 17.9 Å². The maximum atomic E-state index is 12.5. The molecule has 3 heteroatoms. The van der Waals surface area contributed by atoms with Crippen LogP contribution in [0, 0.1) is 5.92 Å². The Balaban J connectivity index is 2.71. The Hall–Kier alpha value is -1.35. The molecule has 112 valence electrons. The van der Waals surface area contributed by atoms with E-state index in [1.54, 1.807) is 0 Å². The van der Waals surface area contributed by atoms with Gasteiger partial charge in [0.2, 0.25) is 5.91 Å². The lowest BCUT2D eigenvalue weighted by Crippen LogP contribution is -2.40. The number of hydrogen-bond acceptors (Lipinski definition) is 2. The molecule has 0 saturated heterocycles. The third-order valence-corrected chi connectivity index (χ3v) is 3.85. The van der Waals surface area contributed by atoms with Crippen molar-refractivity contribution in [3.8, 4) is 0 Å². The van der Waals surface area contributed by atoms with Crippen LogP contribution < -0.4 is 11.1 Å². The van der Waals surface area contributed by atoms with E-state index in [-0.39, 0.29) is 17.9 Å². The van der Waals surface area contributed by atoms with E-state index < -0.39 is 0 Å². The third kappa shape index (κ3) is 4.97. The van der Waals surface area contributed by atoms with Crippen LogP contribution in [0.4, 0.5) is 0 Å². The minimum absolute atomic E-state index is 0.0531. The molecule has 0 heterocycles. The maximum absolute atomic E-state index is 12.5. The molecule has 0 radical (unpaired) electrons. The van der Waals surface area contributed by atoms with Gasteiger partial charge in [-0.1, -0.05) is 63.9 Å². The van der Waals surface area contributed by atoms with Gasteiger partial charge in [-0.15, -0.1) is 0 Å². The number of carbonyl (C=O) groups is 1. The van der Waals surface area contributed by atoms with Gasteiger partial charge in [-0.25, -0.2) is 0 Å². The number of hydrogen-bond donors (Lipinski definition) is 2. The van der Waals surface area contributed by atoms with Crippen LogP contribution in [0.25, 0.3) is 0 Å². The van der Waals surface area contributed by atoms with Crippen LogP contribution in [0.15, 0.2) is 30.3 Å². The zero-order valence-electron chi connectivity index (χ0n) is 12.9. The van der Waals surface area contributed by atoms with Crippen molar-refractivity contribution in [1.82, 2.24) is 5.32 Å². The van der Waals surface area contributed by atoms with Crippen molar-refractivity contribution in [3.63, 3.8) is 0 Å². The SMILES string of the molecule is CCCC(N)CNC(=O)C(c1ccccc1)C(C)CC. The smallest absolute Gasteiger partial charge is 0.227 e. The van der Waals surface area contributed by atoms with Gasteiger partial charge in [0.15, 0.2) is 0 Å². The van der Waals surface area contributed by atoms with E-state index in [2.05, 4.69) is 26.1 Å². The summed E-state index contributed by atoms with van der Waals surface area (Å²) < 4.78 is 0. The molecule has 20 heavy (non-hydrogen) atoms. The van der Waals surface area contributed by atoms with Gasteiger partial charge in [0.25, 0.3) is 0 Å². The molecule has 3 atom stereocenters. The van der Waals surface area contributed by atoms with Crippen LogP contribution in [-0.4, -0.2) is 18.5 Å². The molecule has 3 nitrogen and oxygen atoms in total. The molecular formula is C17H28N2O. The molecule has 0 aliphatic heterocycles. The highest BCUT2D eigenvalue weighted by Crippen LogP contribution is 2.27. The van der Waals surface area contributed by atoms with Crippen molar-refractivity contribution in [2.75, 3.05) is 6.54 Å². The van der Waals surface area contributed by atoms with Crippen molar-refractivity contribution in [3.05, 3.63) is 35.9 Å². The second-order valence-electron chi connectivity index (χ2n) is 5.57. The van der Waals surface area contributed by atoms with Crippen LogP contribution in [0.3, 0.4) is 0 Å². The highest BCUT2D eigenvalue weighted by molar-refractivity contribution is 5.84. The monoisotopic (exact) mass is 276 g/mol. The molecule has 1 rings (SSSR count). The predicted molar refractivity (Wildman–Crippen MR) is 84.5 cm³/mol. The van der Waals surface area contributed by atoms with Gasteiger partial charge in [0, 0.05) is 12.6 Å². The van der Waals surface area contributed by atoms with Crippen LogP contribution in [0.2, 0.25) is 0 Å². The maximum Gasteiger partial charge on any atom is 0.227 e. The van der Waals surface area contributed by atoms with Gasteiger partial charge in [-0.2, -0.15) is 0 Å². The fraction of sp³-hybridized carbons (Fsp3) is 0.588. The molecule has 3 N–H and O–H groups in total. The molecule has 0 aliphatic rings. The summed E-state index contributed by atoms with van der Waals surface area (Å²) in [5.74, 6) is 0.326. The fourth-order valence-corrected chi connectivity index (χ4v) is 2.45. The Bertz CT molecular complexity index is 391. The van der Waals surface area contributed by atoms with Crippen molar-refractivity contribution in [1.29, 1.82) is 0 Å². The van der Waals surface area contributed by atoms with E-state index >= 15 is 0 Å². The van der Waals surface area contributed by atoms with Gasteiger partial charge in [-0.3, -0.25) is 4.79 Å². The third-order valence-electron chi connectivity index (χ3n) is 3.85. The number of nitrogens with two attached hydrogens (primary N) is 1. The summed E-state index contributed by atoms with van der Waals surface area (Å²) in [6.45, 7) is 6.92. The molecule has 0 bridgehead atoms. The first kappa shape index (κ1) is 16.7. The minimum atomic E-state index is -0.0879. The molecule has 1 aromatic carbocycles. The Morgan fingerprint density at radius 1 is 1.25 bits per heavy atom. The van der Waals surface area contributed by atoms with E-state index in [0.29, 0.717) is 12.5 Å². The first-order valence-corrected chi connectivity index (χ1v) is 7.68. The average molecular weight is 276 g/mol. The molecule has 0 spiro atoms. The number of carbonyl (C=O) groups excluding carboxylic acids is 1. The molecule has 1 aromatic rings. The first-order chi connectivity index (χ1) is 9.60. The summed E-state index contributed by atoms with van der Waals surface area (Å²) >= 11 is 0. The average Bonchev–Trinajstić information content (AvgIpc) is 2.46. The zero-order valence-corrected chi connectivity index (χ0v) is 12.9. The number of amides is 1. The van der Waals surface area contributed by atoms with Crippen molar-refractivity contribution in [2.24, 2.45) is 11.7 Å². The van der Waals surface area contributed by atoms with Crippen molar-refractivity contribution < 1.29 is 4.79 Å². The van der Waals surface area contributed by atoms with Gasteiger partial charge >= 0.3 is 0 Å². The number of benzene rings is 1. The first-order valence-electron chi connectivity index (χ1n) is 7.68. The molecule has 0 aliphatic carbocycles. The summed E-state index contributed by atoms with van der Waals surface area (Å²) in [5.41, 5.74) is 7.05. The largest absolute Gasteiger partial charge is 0.354 e. The van der Waals surface area contributed by atoms with Crippen LogP contribution in [0.1, 0.15) is 51.5 Å². The Morgan fingerprint density at radius 3 is 2.45 bits per heavy atom. The minimum Gasteiger partial charge on any atom is -0.354 e. The van der Waals surface area contributed by atoms with Crippen LogP contribution in [-0.2, 0) is 4.79 Å². The van der Waals surface area contributed by atoms with E-state index in [0.717, 1.165) is 24.8 Å². The van der Waals surface area contributed by atoms with Crippen molar-refractivity contribution in [2.45, 2.75) is 52.0 Å². The summed E-state index contributed by atoms with van der Waals surface area (Å²) in [7, 11) is 0. The van der Waals surface area contributed by atoms with Gasteiger partial charge in [0.05, 0.1) is 5.92 Å². The lowest BCUT2D eigenvalue weighted by Gasteiger charge is -2.23. The fourth-order valence-electron chi connectivity index (χ4n) is 2.45. The van der Waals surface area contributed by atoms with E-state index in [1.165, 1.54) is 0 Å². The molecule has 3 unspecified atom stereocenters. The normalized spacial score (nSPS) is 15.4. The van der Waals surface area contributed by atoms with Crippen molar-refractivity contribution >= 4 is 5.91 Å². The second-order valence-corrected chi connectivity index (χ2v) is 5.57. The topological polar surface area (TPSA) is 55.1 Å². The Kier molecular flexibility index (Phi) is 7.31. The lowest BCUT2D eigenvalue weighted by molar-refractivity contribution is -0.123. The van der Waals surface area contributed by atoms with E-state index in [4.69, 9.17) is 5.73 Å². The number of rotatable bonds is 8. The molecule has 0 aromatic heterocycles. The van der Waals surface area contributed by atoms with E-state index in [9.17, 15) is 4.79 Å². The van der Waals surface area contributed by atoms with Crippen LogP contribution in [0.5, 0.6) is 0 Å². The molecule has 0 saturated carbocycles. The summed E-state index contributed by atoms with van der Waals surface area (Å²) in [5, 5.41) is 3.02. The lowest BCUT2D eigenvalue weighted by atomic mass is 9.85. The Labute approximate surface area is 122 Å². The summed E-state index contributed by atoms with van der Waals surface area (Å²) in [6, 6.07) is 10.1. The number of nitrogens with one attached hydrogen (secondary N) is 1. The quantitative estimate of drug-likeness (QED) is 0.766. The van der Waals surface area contributed by atoms with Gasteiger partial charge in [0.1, 0.15) is 0 Å². The van der Waals surface area contributed by atoms with E-state index in [1.807, 2.05) is 30.3 Å². The Morgan fingerprint density at radius 2 is 1.90 bits per heavy atom. The van der Waals surface area contributed by atoms with Gasteiger partial charge < -0.3 is 11.1 Å².